The van der Waals surface area contributed by atoms with Gasteiger partial charge in [0.15, 0.2) is 5.78 Å². The molecule has 0 unspecified atom stereocenters. The molecular weight excluding hydrogens is 196 g/mol. The van der Waals surface area contributed by atoms with Gasteiger partial charge in [-0.3, -0.25) is 4.79 Å². The summed E-state index contributed by atoms with van der Waals surface area (Å²) in [5, 5.41) is 0. The van der Waals surface area contributed by atoms with Crippen LogP contribution >= 0.6 is 11.6 Å². The Labute approximate surface area is 88.7 Å². The van der Waals surface area contributed by atoms with E-state index in [2.05, 4.69) is 0 Å². The second kappa shape index (κ2) is 5.40. The second-order valence-electron chi connectivity index (χ2n) is 2.76. The Hall–Kier alpha value is -1.34. The lowest BCUT2D eigenvalue weighted by Gasteiger charge is -1.99. The zero-order valence-corrected chi connectivity index (χ0v) is 8.66. The van der Waals surface area contributed by atoms with Crippen LogP contribution in [0.5, 0.6) is 0 Å². The normalized spacial score (nSPS) is 12.0. The van der Waals surface area contributed by atoms with Crippen molar-refractivity contribution in [3.8, 4) is 0 Å². The largest absolute Gasteiger partial charge is 0.289 e. The molecule has 1 aromatic rings. The van der Waals surface area contributed by atoms with Crippen molar-refractivity contribution in [2.75, 3.05) is 0 Å². The predicted molar refractivity (Wildman–Crippen MR) is 59.5 cm³/mol. The van der Waals surface area contributed by atoms with Gasteiger partial charge in [-0.05, 0) is 6.92 Å². The maximum atomic E-state index is 11.8. The molecule has 1 aromatic carbocycles. The van der Waals surface area contributed by atoms with E-state index in [1.807, 2.05) is 25.1 Å². The first-order chi connectivity index (χ1) is 6.79. The predicted octanol–water partition coefficient (Wildman–Crippen LogP) is 3.57. The molecule has 0 fully saturated rings. The van der Waals surface area contributed by atoms with E-state index in [1.165, 1.54) is 5.54 Å². The number of allylic oxidation sites excluding steroid dienone is 3. The summed E-state index contributed by atoms with van der Waals surface area (Å²) < 4.78 is 0. The third kappa shape index (κ3) is 2.57. The van der Waals surface area contributed by atoms with Crippen molar-refractivity contribution in [2.45, 2.75) is 6.92 Å². The van der Waals surface area contributed by atoms with Crippen molar-refractivity contribution in [1.82, 2.24) is 0 Å². The van der Waals surface area contributed by atoms with E-state index in [0.717, 1.165) is 0 Å². The first-order valence-electron chi connectivity index (χ1n) is 4.32. The molecule has 0 N–H and O–H groups in total. The molecule has 2 heteroatoms. The van der Waals surface area contributed by atoms with Crippen molar-refractivity contribution >= 4 is 17.4 Å². The smallest absolute Gasteiger partial charge is 0.193 e. The molecule has 0 saturated heterocycles. The summed E-state index contributed by atoms with van der Waals surface area (Å²) >= 11 is 5.56. The first kappa shape index (κ1) is 10.7. The van der Waals surface area contributed by atoms with Gasteiger partial charge in [-0.25, -0.2) is 0 Å². The maximum absolute atomic E-state index is 11.8. The number of carbonyl (C=O) groups is 1. The van der Waals surface area contributed by atoms with Crippen molar-refractivity contribution in [3.05, 3.63) is 59.2 Å². The molecule has 0 spiro atoms. The third-order valence-corrected chi connectivity index (χ3v) is 2.00. The zero-order chi connectivity index (χ0) is 10.4. The van der Waals surface area contributed by atoms with E-state index >= 15 is 0 Å². The van der Waals surface area contributed by atoms with E-state index < -0.39 is 0 Å². The van der Waals surface area contributed by atoms with Crippen LogP contribution in [-0.2, 0) is 0 Å². The van der Waals surface area contributed by atoms with E-state index in [9.17, 15) is 4.79 Å². The molecule has 0 aliphatic rings. The summed E-state index contributed by atoms with van der Waals surface area (Å²) in [4.78, 5) is 11.8. The molecule has 1 rings (SSSR count). The van der Waals surface area contributed by atoms with Crippen LogP contribution in [0.2, 0.25) is 0 Å². The number of hydrogen-bond donors (Lipinski definition) is 0. The van der Waals surface area contributed by atoms with Crippen LogP contribution in [0.25, 0.3) is 0 Å². The molecule has 0 heterocycles. The molecule has 0 radical (unpaired) electrons. The van der Waals surface area contributed by atoms with Crippen molar-refractivity contribution < 1.29 is 4.79 Å². The van der Waals surface area contributed by atoms with E-state index in [-0.39, 0.29) is 5.78 Å². The summed E-state index contributed by atoms with van der Waals surface area (Å²) in [5.74, 6) is -0.0568. The number of hydrogen-bond acceptors (Lipinski definition) is 1. The molecule has 0 amide bonds. The highest BCUT2D eigenvalue weighted by atomic mass is 35.5. The molecule has 0 bridgehead atoms. The Morgan fingerprint density at radius 2 is 1.93 bits per heavy atom. The Bertz CT molecular complexity index is 363. The standard InChI is InChI=1S/C12H11ClO/c1-2-6-11(9-13)12(14)10-7-4-3-5-8-10/h2-9H,1H3/b6-2-,11-9+. The summed E-state index contributed by atoms with van der Waals surface area (Å²) in [6.07, 6.45) is 3.48. The first-order valence-corrected chi connectivity index (χ1v) is 4.76. The van der Waals surface area contributed by atoms with Gasteiger partial charge in [0.25, 0.3) is 0 Å². The minimum atomic E-state index is -0.0568. The monoisotopic (exact) mass is 206 g/mol. The molecule has 14 heavy (non-hydrogen) atoms. The summed E-state index contributed by atoms with van der Waals surface area (Å²) in [5.41, 5.74) is 2.45. The molecule has 0 saturated carbocycles. The van der Waals surface area contributed by atoms with Gasteiger partial charge < -0.3 is 0 Å². The van der Waals surface area contributed by atoms with Crippen LogP contribution in [0.3, 0.4) is 0 Å². The Morgan fingerprint density at radius 1 is 1.29 bits per heavy atom. The van der Waals surface area contributed by atoms with Crippen LogP contribution in [-0.4, -0.2) is 5.78 Å². The van der Waals surface area contributed by atoms with Gasteiger partial charge >= 0.3 is 0 Å². The van der Waals surface area contributed by atoms with Gasteiger partial charge in [-0.2, -0.15) is 0 Å². The van der Waals surface area contributed by atoms with Gasteiger partial charge in [0.1, 0.15) is 0 Å². The number of halogens is 1. The third-order valence-electron chi connectivity index (χ3n) is 1.76. The lowest BCUT2D eigenvalue weighted by Crippen LogP contribution is -2.00. The van der Waals surface area contributed by atoms with Crippen LogP contribution in [0, 0.1) is 0 Å². The van der Waals surface area contributed by atoms with E-state index in [1.54, 1.807) is 24.3 Å². The van der Waals surface area contributed by atoms with Gasteiger partial charge in [-0.15, -0.1) is 0 Å². The number of benzene rings is 1. The molecule has 72 valence electrons. The average molecular weight is 207 g/mol. The lowest BCUT2D eigenvalue weighted by atomic mass is 10.0. The van der Waals surface area contributed by atoms with Crippen molar-refractivity contribution in [2.24, 2.45) is 0 Å². The Kier molecular flexibility index (Phi) is 4.14. The zero-order valence-electron chi connectivity index (χ0n) is 7.91. The SMILES string of the molecule is C/C=C\C(=C/Cl)C(=O)c1ccccc1. The average Bonchev–Trinajstić information content (AvgIpc) is 2.26. The highest BCUT2D eigenvalue weighted by molar-refractivity contribution is 6.29. The molecule has 0 aliphatic heterocycles. The topological polar surface area (TPSA) is 17.1 Å². The second-order valence-corrected chi connectivity index (χ2v) is 2.98. The van der Waals surface area contributed by atoms with E-state index in [0.29, 0.717) is 11.1 Å². The van der Waals surface area contributed by atoms with Gasteiger partial charge in [-0.1, -0.05) is 54.1 Å². The fraction of sp³-hybridized carbons (Fsp3) is 0.0833. The molecule has 0 aliphatic carbocycles. The van der Waals surface area contributed by atoms with Crippen LogP contribution in [0.1, 0.15) is 17.3 Å². The molecule has 1 nitrogen and oxygen atoms in total. The summed E-state index contributed by atoms with van der Waals surface area (Å²) in [7, 11) is 0. The number of ketones is 1. The fourth-order valence-corrected chi connectivity index (χ4v) is 1.27. The number of Topliss-reactive ketones (excluding diaryl/α,β-unsaturated/α-hetero) is 1. The molecule has 0 aromatic heterocycles. The molecular formula is C12H11ClO. The maximum Gasteiger partial charge on any atom is 0.193 e. The van der Waals surface area contributed by atoms with Crippen LogP contribution in [0.15, 0.2) is 53.6 Å². The number of carbonyl (C=O) groups excluding carboxylic acids is 1. The molecule has 0 atom stereocenters. The Balaban J connectivity index is 2.96. The summed E-state index contributed by atoms with van der Waals surface area (Å²) in [6, 6.07) is 9.07. The Morgan fingerprint density at radius 3 is 2.43 bits per heavy atom. The minimum absolute atomic E-state index is 0.0568. The summed E-state index contributed by atoms with van der Waals surface area (Å²) in [6.45, 7) is 1.85. The van der Waals surface area contributed by atoms with Crippen LogP contribution in [0.4, 0.5) is 0 Å². The number of rotatable bonds is 3. The van der Waals surface area contributed by atoms with Gasteiger partial charge in [0, 0.05) is 16.7 Å². The highest BCUT2D eigenvalue weighted by Crippen LogP contribution is 2.10. The quantitative estimate of drug-likeness (QED) is 0.420. The van der Waals surface area contributed by atoms with Crippen molar-refractivity contribution in [1.29, 1.82) is 0 Å². The van der Waals surface area contributed by atoms with E-state index in [4.69, 9.17) is 11.6 Å². The van der Waals surface area contributed by atoms with Crippen molar-refractivity contribution in [3.63, 3.8) is 0 Å². The van der Waals surface area contributed by atoms with Gasteiger partial charge in [0.2, 0.25) is 0 Å². The highest BCUT2D eigenvalue weighted by Gasteiger charge is 2.07. The van der Waals surface area contributed by atoms with Gasteiger partial charge in [0.05, 0.1) is 0 Å². The fourth-order valence-electron chi connectivity index (χ4n) is 1.10. The minimum Gasteiger partial charge on any atom is -0.289 e. The van der Waals surface area contributed by atoms with Crippen LogP contribution < -0.4 is 0 Å². The lowest BCUT2D eigenvalue weighted by molar-refractivity contribution is 0.103.